The summed E-state index contributed by atoms with van der Waals surface area (Å²) >= 11 is 0. The molecule has 0 amide bonds. The van der Waals surface area contributed by atoms with Crippen LogP contribution in [0, 0.1) is 6.92 Å². The van der Waals surface area contributed by atoms with E-state index < -0.39 is 0 Å². The molecule has 1 spiro atoms. The maximum atomic E-state index is 4.67. The first kappa shape index (κ1) is 13.7. The van der Waals surface area contributed by atoms with Crippen LogP contribution in [0.25, 0.3) is 11.1 Å². The van der Waals surface area contributed by atoms with Crippen LogP contribution in [0.1, 0.15) is 24.0 Å². The Morgan fingerprint density at radius 3 is 2.38 bits per heavy atom. The van der Waals surface area contributed by atoms with Gasteiger partial charge in [-0.2, -0.15) is 0 Å². The van der Waals surface area contributed by atoms with E-state index >= 15 is 0 Å². The van der Waals surface area contributed by atoms with E-state index in [4.69, 9.17) is 0 Å². The summed E-state index contributed by atoms with van der Waals surface area (Å²) in [6, 6.07) is 17.1. The molecule has 0 radical (unpaired) electrons. The minimum Gasteiger partial charge on any atom is -0.309 e. The summed E-state index contributed by atoms with van der Waals surface area (Å²) in [5.41, 5.74) is 6.62. The average Bonchev–Trinajstić information content (AvgIpc) is 3.34. The smallest absolute Gasteiger partial charge is 0.229 e. The highest BCUT2D eigenvalue weighted by molar-refractivity contribution is 5.72. The Kier molecular flexibility index (Phi) is 2.81. The molecule has 0 saturated heterocycles. The second-order valence-electron chi connectivity index (χ2n) is 7.02. The summed E-state index contributed by atoms with van der Waals surface area (Å²) in [4.78, 5) is 11.6. The highest BCUT2D eigenvalue weighted by atomic mass is 15.3. The molecule has 24 heavy (non-hydrogen) atoms. The summed E-state index contributed by atoms with van der Waals surface area (Å²) < 4.78 is 0. The lowest BCUT2D eigenvalue weighted by Crippen LogP contribution is -2.21. The van der Waals surface area contributed by atoms with Crippen molar-refractivity contribution in [3.8, 4) is 11.1 Å². The van der Waals surface area contributed by atoms with E-state index in [1.54, 1.807) is 0 Å². The van der Waals surface area contributed by atoms with Gasteiger partial charge in [-0.1, -0.05) is 42.5 Å². The average molecular weight is 313 g/mol. The molecular formula is C21H19N3. The zero-order valence-corrected chi connectivity index (χ0v) is 13.7. The number of rotatable bonds is 2. The Labute approximate surface area is 142 Å². The molecule has 1 fully saturated rings. The van der Waals surface area contributed by atoms with Crippen LogP contribution in [-0.4, -0.2) is 16.5 Å². The third kappa shape index (κ3) is 2.04. The zero-order chi connectivity index (χ0) is 16.1. The van der Waals surface area contributed by atoms with E-state index in [1.165, 1.54) is 29.7 Å². The predicted octanol–water partition coefficient (Wildman–Crippen LogP) is 4.64. The minimum atomic E-state index is 0.352. The molecule has 2 aromatic carbocycles. The van der Waals surface area contributed by atoms with Gasteiger partial charge in [-0.05, 0) is 42.5 Å². The van der Waals surface area contributed by atoms with Crippen molar-refractivity contribution in [2.45, 2.75) is 25.2 Å². The van der Waals surface area contributed by atoms with Crippen LogP contribution in [-0.2, 0) is 5.41 Å². The molecule has 118 valence electrons. The van der Waals surface area contributed by atoms with Gasteiger partial charge in [0.15, 0.2) is 0 Å². The van der Waals surface area contributed by atoms with Crippen LogP contribution < -0.4 is 4.90 Å². The summed E-state index contributed by atoms with van der Waals surface area (Å²) in [7, 11) is 0. The monoisotopic (exact) mass is 313 g/mol. The molecule has 0 unspecified atom stereocenters. The van der Waals surface area contributed by atoms with Gasteiger partial charge in [0.05, 0.1) is 0 Å². The van der Waals surface area contributed by atoms with Crippen LogP contribution >= 0.6 is 0 Å². The Bertz CT molecular complexity index is 896. The highest BCUT2D eigenvalue weighted by Crippen LogP contribution is 2.57. The van der Waals surface area contributed by atoms with Gasteiger partial charge in [-0.3, -0.25) is 0 Å². The van der Waals surface area contributed by atoms with Gasteiger partial charge in [-0.25, -0.2) is 9.97 Å². The Hall–Kier alpha value is -2.68. The van der Waals surface area contributed by atoms with Crippen molar-refractivity contribution in [1.29, 1.82) is 0 Å². The molecule has 1 saturated carbocycles. The molecule has 0 bridgehead atoms. The molecular weight excluding hydrogens is 294 g/mol. The number of fused-ring (bicyclic) bond motifs is 2. The fraction of sp³-hybridized carbons (Fsp3) is 0.238. The first-order valence-electron chi connectivity index (χ1n) is 8.51. The van der Waals surface area contributed by atoms with Gasteiger partial charge < -0.3 is 4.90 Å². The SMILES string of the molecule is Cc1ccc2c(c1)N(c1ncc(-c3ccccc3)cn1)CC21CC1. The molecule has 2 aliphatic rings. The van der Waals surface area contributed by atoms with Gasteiger partial charge >= 0.3 is 0 Å². The standard InChI is InChI=1S/C21H19N3/c1-15-7-8-18-19(11-15)24(14-21(18)9-10-21)20-22-12-17(13-23-20)16-5-3-2-4-6-16/h2-8,11-13H,9-10,14H2,1H3. The minimum absolute atomic E-state index is 0.352. The molecule has 3 nitrogen and oxygen atoms in total. The number of aromatic nitrogens is 2. The van der Waals surface area contributed by atoms with Crippen molar-refractivity contribution in [1.82, 2.24) is 9.97 Å². The lowest BCUT2D eigenvalue weighted by atomic mass is 9.98. The molecule has 2 heterocycles. The van der Waals surface area contributed by atoms with Crippen LogP contribution in [0.2, 0.25) is 0 Å². The number of hydrogen-bond acceptors (Lipinski definition) is 3. The topological polar surface area (TPSA) is 29.0 Å². The highest BCUT2D eigenvalue weighted by Gasteiger charge is 2.52. The van der Waals surface area contributed by atoms with Gasteiger partial charge in [0.2, 0.25) is 5.95 Å². The molecule has 1 aliphatic heterocycles. The van der Waals surface area contributed by atoms with Gasteiger partial charge in [0, 0.05) is 35.6 Å². The molecule has 0 atom stereocenters. The fourth-order valence-corrected chi connectivity index (χ4v) is 3.78. The Morgan fingerprint density at radius 2 is 1.67 bits per heavy atom. The van der Waals surface area contributed by atoms with E-state index in [-0.39, 0.29) is 0 Å². The molecule has 0 N–H and O–H groups in total. The maximum absolute atomic E-state index is 4.67. The van der Waals surface area contributed by atoms with Crippen LogP contribution in [0.4, 0.5) is 11.6 Å². The molecule has 3 aromatic rings. The van der Waals surface area contributed by atoms with E-state index in [2.05, 4.69) is 52.1 Å². The summed E-state index contributed by atoms with van der Waals surface area (Å²) in [5.74, 6) is 0.810. The molecule has 1 aliphatic carbocycles. The third-order valence-electron chi connectivity index (χ3n) is 5.32. The summed E-state index contributed by atoms with van der Waals surface area (Å²) in [6.07, 6.45) is 6.43. The van der Waals surface area contributed by atoms with Crippen molar-refractivity contribution in [3.05, 3.63) is 72.1 Å². The van der Waals surface area contributed by atoms with Gasteiger partial charge in [0.25, 0.3) is 0 Å². The van der Waals surface area contributed by atoms with Crippen LogP contribution in [0.5, 0.6) is 0 Å². The first-order valence-corrected chi connectivity index (χ1v) is 8.51. The largest absolute Gasteiger partial charge is 0.309 e. The van der Waals surface area contributed by atoms with Gasteiger partial charge in [-0.15, -0.1) is 0 Å². The second-order valence-corrected chi connectivity index (χ2v) is 7.02. The number of nitrogens with zero attached hydrogens (tertiary/aromatic N) is 3. The number of aryl methyl sites for hydroxylation is 1. The van der Waals surface area contributed by atoms with Crippen molar-refractivity contribution in [3.63, 3.8) is 0 Å². The van der Waals surface area contributed by atoms with Crippen LogP contribution in [0.15, 0.2) is 60.9 Å². The van der Waals surface area contributed by atoms with E-state index in [0.717, 1.165) is 23.6 Å². The molecule has 5 rings (SSSR count). The van der Waals surface area contributed by atoms with Gasteiger partial charge in [0.1, 0.15) is 0 Å². The summed E-state index contributed by atoms with van der Waals surface area (Å²) in [5, 5.41) is 0. The number of hydrogen-bond donors (Lipinski definition) is 0. The summed E-state index contributed by atoms with van der Waals surface area (Å²) in [6.45, 7) is 3.16. The van der Waals surface area contributed by atoms with E-state index in [9.17, 15) is 0 Å². The van der Waals surface area contributed by atoms with E-state index in [1.807, 2.05) is 30.6 Å². The van der Waals surface area contributed by atoms with Crippen molar-refractivity contribution >= 4 is 11.6 Å². The number of benzene rings is 2. The second kappa shape index (κ2) is 4.91. The first-order chi connectivity index (χ1) is 11.8. The maximum Gasteiger partial charge on any atom is 0.229 e. The Balaban J connectivity index is 1.53. The normalized spacial score (nSPS) is 17.1. The fourth-order valence-electron chi connectivity index (χ4n) is 3.78. The Morgan fingerprint density at radius 1 is 0.917 bits per heavy atom. The van der Waals surface area contributed by atoms with E-state index in [0.29, 0.717) is 5.41 Å². The molecule has 3 heteroatoms. The molecule has 1 aromatic heterocycles. The lowest BCUT2D eigenvalue weighted by Gasteiger charge is -2.18. The van der Waals surface area contributed by atoms with Crippen LogP contribution in [0.3, 0.4) is 0 Å². The quantitative estimate of drug-likeness (QED) is 0.690. The zero-order valence-electron chi connectivity index (χ0n) is 13.7. The third-order valence-corrected chi connectivity index (χ3v) is 5.32. The predicted molar refractivity (Wildman–Crippen MR) is 96.6 cm³/mol. The number of anilines is 2. The van der Waals surface area contributed by atoms with Crippen molar-refractivity contribution in [2.75, 3.05) is 11.4 Å². The van der Waals surface area contributed by atoms with Crippen molar-refractivity contribution < 1.29 is 0 Å². The lowest BCUT2D eigenvalue weighted by molar-refractivity contribution is 0.735. The van der Waals surface area contributed by atoms with Crippen molar-refractivity contribution in [2.24, 2.45) is 0 Å².